The number of anilines is 1. The average molecular weight is 600 g/mol. The number of hydrogen-bond donors (Lipinski definition) is 6. The van der Waals surface area contributed by atoms with Crippen LogP contribution in [0.4, 0.5) is 11.4 Å². The Labute approximate surface area is 229 Å². The van der Waals surface area contributed by atoms with Crippen LogP contribution in [0.1, 0.15) is 36.8 Å². The molecular weight excluding hydrogens is 564 g/mol. The number of esters is 1. The zero-order valence-electron chi connectivity index (χ0n) is 21.4. The molecule has 0 saturated heterocycles. The van der Waals surface area contributed by atoms with Gasteiger partial charge in [-0.15, -0.1) is 0 Å². The van der Waals surface area contributed by atoms with Gasteiger partial charge in [0, 0.05) is 25.6 Å². The number of carboxylic acid groups (broad SMARTS) is 1. The second kappa shape index (κ2) is 25.3. The summed E-state index contributed by atoms with van der Waals surface area (Å²) < 4.78 is 56.2. The number of aliphatic carboxylic acids is 1. The molecular formula is C22H35N2O13S2-. The number of ether oxygens (including phenoxy) is 1. The van der Waals surface area contributed by atoms with E-state index < -0.39 is 27.7 Å². The van der Waals surface area contributed by atoms with Gasteiger partial charge in [0.1, 0.15) is 5.69 Å². The predicted molar refractivity (Wildman–Crippen MR) is 138 cm³/mol. The van der Waals surface area contributed by atoms with Crippen molar-refractivity contribution < 1.29 is 66.1 Å². The molecule has 0 saturated carbocycles. The second-order valence-corrected chi connectivity index (χ2v) is 8.40. The van der Waals surface area contributed by atoms with E-state index in [1.54, 1.807) is 0 Å². The third-order valence-corrected chi connectivity index (χ3v) is 4.10. The lowest BCUT2D eigenvalue weighted by molar-refractivity contribution is -0.635. The Kier molecular flexibility index (Phi) is 26.3. The molecule has 0 aliphatic rings. The van der Waals surface area contributed by atoms with Crippen LogP contribution in [-0.2, 0) is 53.3 Å². The van der Waals surface area contributed by atoms with Crippen LogP contribution in [-0.4, -0.2) is 62.7 Å². The standard InChI is InChI=1S/C11H15NO2.C10H13NO2.CH4O.2H2O4S/c1-14-11(13)4-2-3-9-5-7-10(12)8-6-9;11-9-6-4-8(5-7-9)2-1-3-10(12)13;1-2;1-5(2,3)4;1-4-5(2)3/h5-8H,2-4,12H2,1H3;4-7H,1-3,11H2,(H,12,13);2H,1H3;(H2,1,2,3,4);1H,(H,2,3)/p-1. The smallest absolute Gasteiger partial charge is 0.394 e. The van der Waals surface area contributed by atoms with E-state index in [-0.39, 0.29) is 12.4 Å². The molecule has 0 spiro atoms. The molecule has 1 atom stereocenters. The fourth-order valence-electron chi connectivity index (χ4n) is 2.37. The molecule has 17 heteroatoms. The molecule has 2 aromatic carbocycles. The number of benzene rings is 2. The number of hydrogen-bond acceptors (Lipinski definition) is 11. The highest BCUT2D eigenvalue weighted by Gasteiger charge is 2.00. The number of carbonyl (C=O) groups is 2. The summed E-state index contributed by atoms with van der Waals surface area (Å²) in [6.45, 7) is 0. The molecule has 39 heavy (non-hydrogen) atoms. The third kappa shape index (κ3) is 35.0. The van der Waals surface area contributed by atoms with Gasteiger partial charge in [0.15, 0.2) is 0 Å². The minimum atomic E-state index is -4.67. The van der Waals surface area contributed by atoms with Crippen molar-refractivity contribution >= 4 is 45.1 Å². The van der Waals surface area contributed by atoms with Crippen LogP contribution in [0, 0.1) is 0 Å². The van der Waals surface area contributed by atoms with E-state index in [1.807, 2.05) is 48.5 Å². The highest BCUT2D eigenvalue weighted by Crippen LogP contribution is 2.09. The fraction of sp³-hybridized carbons (Fsp3) is 0.364. The first-order chi connectivity index (χ1) is 18.2. The Hall–Kier alpha value is -3.00. The zero-order valence-corrected chi connectivity index (χ0v) is 23.1. The maximum absolute atomic E-state index is 10.8. The molecule has 0 aromatic heterocycles. The highest BCUT2D eigenvalue weighted by atomic mass is 32.3. The van der Waals surface area contributed by atoms with E-state index in [1.165, 1.54) is 12.7 Å². The van der Waals surface area contributed by atoms with Crippen molar-refractivity contribution in [2.24, 2.45) is 0 Å². The summed E-state index contributed by atoms with van der Waals surface area (Å²) in [6, 6.07) is 15.6. The summed E-state index contributed by atoms with van der Waals surface area (Å²) >= 11 is -2.88. The second-order valence-electron chi connectivity index (χ2n) is 6.96. The van der Waals surface area contributed by atoms with Crippen LogP contribution >= 0.6 is 0 Å². The Morgan fingerprint density at radius 3 is 1.64 bits per heavy atom. The molecule has 0 radical (unpaired) electrons. The topological polar surface area (TPSA) is 285 Å². The van der Waals surface area contributed by atoms with Crippen LogP contribution in [0.5, 0.6) is 0 Å². The number of aryl methyl sites for hydroxylation is 2. The molecule has 15 nitrogen and oxygen atoms in total. The fourth-order valence-corrected chi connectivity index (χ4v) is 2.37. The lowest BCUT2D eigenvalue weighted by atomic mass is 10.1. The van der Waals surface area contributed by atoms with E-state index in [0.29, 0.717) is 12.8 Å². The lowest BCUT2D eigenvalue weighted by Crippen LogP contribution is -2.39. The minimum Gasteiger partial charge on any atom is -0.750 e. The molecule has 0 aliphatic heterocycles. The van der Waals surface area contributed by atoms with Gasteiger partial charge in [-0.3, -0.25) is 18.7 Å². The largest absolute Gasteiger partial charge is 0.750 e. The Bertz CT molecular complexity index is 1020. The first kappa shape index (κ1) is 40.5. The summed E-state index contributed by atoms with van der Waals surface area (Å²) in [5.74, 6) is -0.880. The monoisotopic (exact) mass is 599 g/mol. The molecule has 2 aromatic rings. The number of aliphatic hydroxyl groups excluding tert-OH is 1. The van der Waals surface area contributed by atoms with Crippen LogP contribution in [0.15, 0.2) is 48.5 Å². The van der Waals surface area contributed by atoms with Gasteiger partial charge in [0.25, 0.3) is 0 Å². The molecule has 0 bridgehead atoms. The number of nitrogens with two attached hydrogens (primary N) is 1. The summed E-state index contributed by atoms with van der Waals surface area (Å²) in [5, 5.41) is 23.9. The summed E-state index contributed by atoms with van der Waals surface area (Å²) in [4.78, 5) is 21.0. The molecule has 0 heterocycles. The van der Waals surface area contributed by atoms with Gasteiger partial charge in [-0.05, 0) is 61.1 Å². The van der Waals surface area contributed by atoms with Crippen molar-refractivity contribution in [1.29, 1.82) is 0 Å². The zero-order chi connectivity index (χ0) is 30.9. The van der Waals surface area contributed by atoms with E-state index in [9.17, 15) is 9.59 Å². The Balaban J connectivity index is -0.000000476. The van der Waals surface area contributed by atoms with Crippen LogP contribution in [0.3, 0.4) is 0 Å². The number of carboxylic acids is 1. The first-order valence-corrected chi connectivity index (χ1v) is 13.2. The molecule has 2 rings (SSSR count). The van der Waals surface area contributed by atoms with E-state index in [4.69, 9.17) is 47.5 Å². The summed E-state index contributed by atoms with van der Waals surface area (Å²) in [5.41, 5.74) is 13.4. The lowest BCUT2D eigenvalue weighted by Gasteiger charge is -2.05. The van der Waals surface area contributed by atoms with E-state index >= 15 is 0 Å². The van der Waals surface area contributed by atoms with Crippen LogP contribution in [0.2, 0.25) is 0 Å². The minimum absolute atomic E-state index is 0.140. The maximum atomic E-state index is 10.8. The van der Waals surface area contributed by atoms with Crippen molar-refractivity contribution in [3.8, 4) is 0 Å². The van der Waals surface area contributed by atoms with Crippen molar-refractivity contribution in [3.63, 3.8) is 0 Å². The van der Waals surface area contributed by atoms with Gasteiger partial charge in [-0.1, -0.05) is 24.3 Å². The number of quaternary nitrogens is 1. The number of rotatable bonds is 9. The quantitative estimate of drug-likeness (QED) is 0.0541. The van der Waals surface area contributed by atoms with Crippen LogP contribution < -0.4 is 16.7 Å². The van der Waals surface area contributed by atoms with Crippen molar-refractivity contribution in [2.75, 3.05) is 20.0 Å². The van der Waals surface area contributed by atoms with Crippen LogP contribution in [0.25, 0.3) is 0 Å². The number of aliphatic hydroxyl groups is 1. The van der Waals surface area contributed by atoms with Gasteiger partial charge >= 0.3 is 22.3 Å². The van der Waals surface area contributed by atoms with Gasteiger partial charge in [-0.25, -0.2) is 4.21 Å². The molecule has 1 unspecified atom stereocenters. The predicted octanol–water partition coefficient (Wildman–Crippen LogP) is -0.240. The SMILES string of the molecule is CO.COC(=O)CCCc1ccc([NH3+])cc1.Nc1ccc(CCCC(=O)O)cc1.O=S(=O)(O)O.O=S([O-])O[O-]. The van der Waals surface area contributed by atoms with Crippen molar-refractivity contribution in [1.82, 2.24) is 0 Å². The Morgan fingerprint density at radius 1 is 0.949 bits per heavy atom. The number of nitrogen functional groups attached to an aromatic ring is 1. The molecule has 224 valence electrons. The van der Waals surface area contributed by atoms with Gasteiger partial charge < -0.3 is 40.6 Å². The highest BCUT2D eigenvalue weighted by molar-refractivity contribution is 7.79. The maximum Gasteiger partial charge on any atom is 0.394 e. The van der Waals surface area contributed by atoms with E-state index in [2.05, 4.69) is 14.8 Å². The third-order valence-electron chi connectivity index (χ3n) is 3.99. The molecule has 0 aliphatic carbocycles. The molecule has 0 fully saturated rings. The van der Waals surface area contributed by atoms with Crippen molar-refractivity contribution in [3.05, 3.63) is 59.7 Å². The van der Waals surface area contributed by atoms with Gasteiger partial charge in [0.05, 0.1) is 18.5 Å². The normalized spacial score (nSPS) is 10.4. The van der Waals surface area contributed by atoms with E-state index in [0.717, 1.165) is 43.3 Å². The van der Waals surface area contributed by atoms with Gasteiger partial charge in [-0.2, -0.15) is 8.42 Å². The average Bonchev–Trinajstić information content (AvgIpc) is 2.87. The Morgan fingerprint density at radius 2 is 1.31 bits per heavy atom. The summed E-state index contributed by atoms with van der Waals surface area (Å²) in [7, 11) is -2.25. The van der Waals surface area contributed by atoms with Crippen molar-refractivity contribution in [2.45, 2.75) is 38.5 Å². The number of methoxy groups -OCH3 is 1. The number of carbonyl (C=O) groups excluding carboxylic acids is 1. The first-order valence-electron chi connectivity index (χ1n) is 10.8. The molecule has 9 N–H and O–H groups in total. The summed E-state index contributed by atoms with van der Waals surface area (Å²) in [6.07, 6.45) is 3.94. The molecule has 0 amide bonds. The van der Waals surface area contributed by atoms with Gasteiger partial charge in [0.2, 0.25) is 0 Å².